The molecule has 7 nitrogen and oxygen atoms in total. The average Bonchev–Trinajstić information content (AvgIpc) is 3.24. The lowest BCUT2D eigenvalue weighted by Gasteiger charge is -2.39. The molecule has 1 amide bonds. The van der Waals surface area contributed by atoms with Gasteiger partial charge in [0, 0.05) is 25.2 Å². The van der Waals surface area contributed by atoms with Crippen LogP contribution in [0.4, 0.5) is 0 Å². The topological polar surface area (TPSA) is 79.8 Å². The second-order valence-corrected chi connectivity index (χ2v) is 8.25. The first-order valence-electron chi connectivity index (χ1n) is 10.6. The Kier molecular flexibility index (Phi) is 5.72. The second-order valence-electron chi connectivity index (χ2n) is 8.25. The van der Waals surface area contributed by atoms with Crippen LogP contribution >= 0.6 is 0 Å². The van der Waals surface area contributed by atoms with Crippen LogP contribution in [0, 0.1) is 5.92 Å². The normalized spacial score (nSPS) is 17.2. The van der Waals surface area contributed by atoms with Crippen molar-refractivity contribution in [2.45, 2.75) is 44.8 Å². The predicted octanol–water partition coefficient (Wildman–Crippen LogP) is 2.12. The summed E-state index contributed by atoms with van der Waals surface area (Å²) >= 11 is 0. The number of nitrogens with zero attached hydrogens (tertiary/aromatic N) is 4. The number of rotatable bonds is 6. The summed E-state index contributed by atoms with van der Waals surface area (Å²) in [7, 11) is 0. The molecule has 3 aromatic rings. The Bertz CT molecular complexity index is 1060. The van der Waals surface area contributed by atoms with Crippen molar-refractivity contribution in [3.05, 3.63) is 70.9 Å². The Morgan fingerprint density at radius 2 is 1.90 bits per heavy atom. The maximum atomic E-state index is 13.1. The van der Waals surface area contributed by atoms with Crippen LogP contribution in [0.3, 0.4) is 0 Å². The van der Waals surface area contributed by atoms with Gasteiger partial charge >= 0.3 is 0 Å². The van der Waals surface area contributed by atoms with Gasteiger partial charge in [0.05, 0.1) is 12.1 Å². The van der Waals surface area contributed by atoms with Gasteiger partial charge in [-0.25, -0.2) is 4.52 Å². The number of piperidine rings is 1. The number of carbonyl (C=O) groups excluding carboxylic acids is 1. The lowest BCUT2D eigenvalue weighted by Crippen LogP contribution is -2.51. The molecule has 0 bridgehead atoms. The van der Waals surface area contributed by atoms with Gasteiger partial charge in [0.2, 0.25) is 5.91 Å². The molecule has 1 saturated heterocycles. The first kappa shape index (κ1) is 20.3. The zero-order chi connectivity index (χ0) is 21.1. The summed E-state index contributed by atoms with van der Waals surface area (Å²) in [6.45, 7) is 3.22. The lowest BCUT2D eigenvalue weighted by atomic mass is 9.89. The number of aliphatic hydroxyl groups is 1. The standard InChI is InChI=1S/C23H28N4O3/c1-2-19(15-18-7-4-3-5-8-18)21(28)25-13-10-23(30,11-14-25)16-26-17-24-27-12-6-9-20(27)22(26)29/h3-9,12,17,19,30H,2,10-11,13-16H2,1H3. The maximum absolute atomic E-state index is 13.1. The SMILES string of the molecule is CCC(Cc1ccccc1)C(=O)N1CCC(O)(Cn2cnn3cccc3c2=O)CC1. The van der Waals surface area contributed by atoms with Gasteiger partial charge in [0.25, 0.3) is 5.56 Å². The van der Waals surface area contributed by atoms with Crippen LogP contribution in [0.1, 0.15) is 31.7 Å². The molecule has 0 radical (unpaired) electrons. The Labute approximate surface area is 175 Å². The largest absolute Gasteiger partial charge is 0.388 e. The number of aromatic nitrogens is 3. The molecule has 0 aliphatic carbocycles. The van der Waals surface area contributed by atoms with Crippen molar-refractivity contribution in [2.24, 2.45) is 5.92 Å². The zero-order valence-corrected chi connectivity index (χ0v) is 17.3. The molecule has 1 fully saturated rings. The minimum atomic E-state index is -1.02. The number of carbonyl (C=O) groups is 1. The van der Waals surface area contributed by atoms with Crippen molar-refractivity contribution < 1.29 is 9.90 Å². The maximum Gasteiger partial charge on any atom is 0.277 e. The van der Waals surface area contributed by atoms with Gasteiger partial charge in [-0.15, -0.1) is 0 Å². The van der Waals surface area contributed by atoms with Crippen LogP contribution in [0.2, 0.25) is 0 Å². The van der Waals surface area contributed by atoms with E-state index in [-0.39, 0.29) is 23.9 Å². The Balaban J connectivity index is 1.40. The molecular formula is C23H28N4O3. The van der Waals surface area contributed by atoms with Gasteiger partial charge in [-0.2, -0.15) is 5.10 Å². The van der Waals surface area contributed by atoms with E-state index in [2.05, 4.69) is 17.2 Å². The molecule has 0 spiro atoms. The number of hydrogen-bond donors (Lipinski definition) is 1. The zero-order valence-electron chi connectivity index (χ0n) is 17.3. The summed E-state index contributed by atoms with van der Waals surface area (Å²) in [6, 6.07) is 13.6. The average molecular weight is 409 g/mol. The van der Waals surface area contributed by atoms with Crippen molar-refractivity contribution in [3.8, 4) is 0 Å². The highest BCUT2D eigenvalue weighted by Crippen LogP contribution is 2.26. The van der Waals surface area contributed by atoms with E-state index in [1.165, 1.54) is 21.0 Å². The monoisotopic (exact) mass is 408 g/mol. The van der Waals surface area contributed by atoms with Gasteiger partial charge in [0.1, 0.15) is 11.8 Å². The second kappa shape index (κ2) is 8.44. The van der Waals surface area contributed by atoms with Gasteiger partial charge in [-0.05, 0) is 43.4 Å². The minimum absolute atomic E-state index is 0.0535. The summed E-state index contributed by atoms with van der Waals surface area (Å²) in [6.07, 6.45) is 5.60. The molecule has 158 valence electrons. The Morgan fingerprint density at radius 3 is 2.60 bits per heavy atom. The van der Waals surface area contributed by atoms with Crippen molar-refractivity contribution in [1.82, 2.24) is 19.1 Å². The van der Waals surface area contributed by atoms with E-state index in [1.54, 1.807) is 18.3 Å². The van der Waals surface area contributed by atoms with E-state index in [9.17, 15) is 14.7 Å². The van der Waals surface area contributed by atoms with E-state index in [0.717, 1.165) is 12.8 Å². The van der Waals surface area contributed by atoms with Gasteiger partial charge < -0.3 is 10.0 Å². The quantitative estimate of drug-likeness (QED) is 0.678. The highest BCUT2D eigenvalue weighted by atomic mass is 16.3. The number of hydrogen-bond acceptors (Lipinski definition) is 4. The summed E-state index contributed by atoms with van der Waals surface area (Å²) in [5, 5.41) is 15.3. The highest BCUT2D eigenvalue weighted by Gasteiger charge is 2.36. The highest BCUT2D eigenvalue weighted by molar-refractivity contribution is 5.79. The number of amides is 1. The number of benzene rings is 1. The van der Waals surface area contributed by atoms with E-state index < -0.39 is 5.60 Å². The predicted molar refractivity (Wildman–Crippen MR) is 114 cm³/mol. The first-order valence-corrected chi connectivity index (χ1v) is 10.6. The third-order valence-corrected chi connectivity index (χ3v) is 6.16. The molecule has 1 N–H and O–H groups in total. The van der Waals surface area contributed by atoms with Crippen molar-refractivity contribution >= 4 is 11.4 Å². The fraction of sp³-hybridized carbons (Fsp3) is 0.435. The first-order chi connectivity index (χ1) is 14.5. The van der Waals surface area contributed by atoms with Crippen molar-refractivity contribution in [1.29, 1.82) is 0 Å². The van der Waals surface area contributed by atoms with Crippen LogP contribution in [0.15, 0.2) is 59.8 Å². The summed E-state index contributed by atoms with van der Waals surface area (Å²) in [5.74, 6) is 0.0963. The third kappa shape index (κ3) is 4.16. The molecule has 1 aliphatic heterocycles. The molecule has 3 heterocycles. The molecule has 2 aromatic heterocycles. The van der Waals surface area contributed by atoms with E-state index in [0.29, 0.717) is 31.4 Å². The molecule has 1 aliphatic rings. The van der Waals surface area contributed by atoms with Crippen LogP contribution in [-0.4, -0.2) is 48.8 Å². The van der Waals surface area contributed by atoms with Crippen LogP contribution < -0.4 is 5.56 Å². The molecule has 1 atom stereocenters. The van der Waals surface area contributed by atoms with Gasteiger partial charge in [-0.1, -0.05) is 37.3 Å². The Hall–Kier alpha value is -2.93. The summed E-state index contributed by atoms with van der Waals surface area (Å²) in [5.41, 5.74) is 0.462. The van der Waals surface area contributed by atoms with E-state index in [4.69, 9.17) is 0 Å². The van der Waals surface area contributed by atoms with Gasteiger partial charge in [-0.3, -0.25) is 14.2 Å². The lowest BCUT2D eigenvalue weighted by molar-refractivity contribution is -0.140. The van der Waals surface area contributed by atoms with Crippen molar-refractivity contribution in [3.63, 3.8) is 0 Å². The molecule has 0 saturated carbocycles. The molecular weight excluding hydrogens is 380 g/mol. The van der Waals surface area contributed by atoms with Crippen LogP contribution in [0.25, 0.3) is 5.52 Å². The minimum Gasteiger partial charge on any atom is -0.388 e. The Morgan fingerprint density at radius 1 is 1.17 bits per heavy atom. The van der Waals surface area contributed by atoms with E-state index in [1.807, 2.05) is 30.0 Å². The molecule has 7 heteroatoms. The smallest absolute Gasteiger partial charge is 0.277 e. The molecule has 1 aromatic carbocycles. The van der Waals surface area contributed by atoms with Gasteiger partial charge in [0.15, 0.2) is 0 Å². The molecule has 4 rings (SSSR count). The molecule has 30 heavy (non-hydrogen) atoms. The summed E-state index contributed by atoms with van der Waals surface area (Å²) in [4.78, 5) is 27.5. The molecule has 1 unspecified atom stereocenters. The third-order valence-electron chi connectivity index (χ3n) is 6.16. The van der Waals surface area contributed by atoms with Crippen LogP contribution in [0.5, 0.6) is 0 Å². The number of fused-ring (bicyclic) bond motifs is 1. The number of likely N-dealkylation sites (tertiary alicyclic amines) is 1. The summed E-state index contributed by atoms with van der Waals surface area (Å²) < 4.78 is 3.00. The van der Waals surface area contributed by atoms with Crippen molar-refractivity contribution in [2.75, 3.05) is 13.1 Å². The van der Waals surface area contributed by atoms with Crippen LogP contribution in [-0.2, 0) is 17.8 Å². The fourth-order valence-corrected chi connectivity index (χ4v) is 4.25. The van der Waals surface area contributed by atoms with E-state index >= 15 is 0 Å². The fourth-order valence-electron chi connectivity index (χ4n) is 4.25.